The summed E-state index contributed by atoms with van der Waals surface area (Å²) in [7, 11) is 0. The van der Waals surface area contributed by atoms with Crippen LogP contribution in [0, 0.1) is 12.8 Å². The number of carbonyl (C=O) groups is 2. The Kier molecular flexibility index (Phi) is 9.29. The van der Waals surface area contributed by atoms with Gasteiger partial charge in [-0.3, -0.25) is 9.59 Å². The molecule has 8 heteroatoms. The Labute approximate surface area is 215 Å². The average molecular weight is 512 g/mol. The second-order valence-electron chi connectivity index (χ2n) is 8.40. The molecule has 1 atom stereocenters. The Morgan fingerprint density at radius 3 is 2.29 bits per heavy atom. The molecule has 35 heavy (non-hydrogen) atoms. The third kappa shape index (κ3) is 7.84. The van der Waals surface area contributed by atoms with E-state index in [1.165, 1.54) is 23.9 Å². The van der Waals surface area contributed by atoms with Crippen molar-refractivity contribution in [1.82, 2.24) is 10.7 Å². The Balaban J connectivity index is 1.53. The highest BCUT2D eigenvalue weighted by Gasteiger charge is 2.24. The molecule has 182 valence electrons. The standard InChI is InChI=1S/C27H27Cl2N3O3/c1-17(2)25(31-26(33)21-10-13-23(28)24(29)14-21)27(34)32-30-15-19-8-11-22(12-9-19)35-16-20-6-4-18(3)5-7-20/h4-15,17,25H,16H2,1-3H3,(H,31,33)(H,32,34). The summed E-state index contributed by atoms with van der Waals surface area (Å²) in [6, 6.07) is 19.3. The first-order valence-corrected chi connectivity index (χ1v) is 11.9. The molecular formula is C27H27Cl2N3O3. The molecule has 0 saturated heterocycles. The zero-order chi connectivity index (χ0) is 25.4. The normalized spacial score (nSPS) is 11.9. The van der Waals surface area contributed by atoms with E-state index in [4.69, 9.17) is 27.9 Å². The number of benzene rings is 3. The van der Waals surface area contributed by atoms with Gasteiger partial charge < -0.3 is 10.1 Å². The van der Waals surface area contributed by atoms with Gasteiger partial charge in [-0.15, -0.1) is 0 Å². The van der Waals surface area contributed by atoms with Crippen LogP contribution in [-0.2, 0) is 11.4 Å². The molecule has 0 radical (unpaired) electrons. The van der Waals surface area contributed by atoms with Crippen LogP contribution in [0.3, 0.4) is 0 Å². The molecule has 0 saturated carbocycles. The Morgan fingerprint density at radius 1 is 0.971 bits per heavy atom. The predicted octanol–water partition coefficient (Wildman–Crippen LogP) is 5.79. The minimum atomic E-state index is -0.786. The highest BCUT2D eigenvalue weighted by molar-refractivity contribution is 6.42. The fraction of sp³-hybridized carbons (Fsp3) is 0.222. The fourth-order valence-electron chi connectivity index (χ4n) is 3.14. The molecule has 2 amide bonds. The van der Waals surface area contributed by atoms with Gasteiger partial charge in [0.05, 0.1) is 16.3 Å². The van der Waals surface area contributed by atoms with Crippen LogP contribution in [0.15, 0.2) is 71.8 Å². The third-order valence-electron chi connectivity index (χ3n) is 5.21. The average Bonchev–Trinajstić information content (AvgIpc) is 2.84. The second-order valence-corrected chi connectivity index (χ2v) is 9.22. The lowest BCUT2D eigenvalue weighted by molar-refractivity contribution is -0.123. The predicted molar refractivity (Wildman–Crippen MR) is 140 cm³/mol. The molecule has 3 rings (SSSR count). The molecule has 0 fully saturated rings. The first-order chi connectivity index (χ1) is 16.7. The van der Waals surface area contributed by atoms with Crippen molar-refractivity contribution in [2.24, 2.45) is 11.0 Å². The highest BCUT2D eigenvalue weighted by atomic mass is 35.5. The maximum atomic E-state index is 12.7. The first kappa shape index (κ1) is 26.3. The first-order valence-electron chi connectivity index (χ1n) is 11.1. The van der Waals surface area contributed by atoms with Crippen molar-refractivity contribution in [2.75, 3.05) is 0 Å². The number of hydrazone groups is 1. The van der Waals surface area contributed by atoms with Gasteiger partial charge in [0.25, 0.3) is 11.8 Å². The van der Waals surface area contributed by atoms with Crippen LogP contribution >= 0.6 is 23.2 Å². The zero-order valence-corrected chi connectivity index (χ0v) is 21.2. The molecule has 0 aliphatic rings. The SMILES string of the molecule is Cc1ccc(COc2ccc(C=NNC(=O)C(NC(=O)c3ccc(Cl)c(Cl)c3)C(C)C)cc2)cc1. The number of hydrogen-bond donors (Lipinski definition) is 2. The molecular weight excluding hydrogens is 485 g/mol. The molecule has 0 bridgehead atoms. The smallest absolute Gasteiger partial charge is 0.262 e. The molecule has 0 heterocycles. The largest absolute Gasteiger partial charge is 0.489 e. The topological polar surface area (TPSA) is 79.8 Å². The van der Waals surface area contributed by atoms with E-state index in [1.54, 1.807) is 6.07 Å². The van der Waals surface area contributed by atoms with Gasteiger partial charge in [0.1, 0.15) is 18.4 Å². The Bertz CT molecular complexity index is 1190. The summed E-state index contributed by atoms with van der Waals surface area (Å²) < 4.78 is 5.80. The van der Waals surface area contributed by atoms with Crippen LogP contribution in [0.2, 0.25) is 10.0 Å². The number of hydrogen-bond acceptors (Lipinski definition) is 4. The zero-order valence-electron chi connectivity index (χ0n) is 19.7. The van der Waals surface area contributed by atoms with Crippen LogP contribution in [0.4, 0.5) is 0 Å². The Hall–Kier alpha value is -3.35. The molecule has 0 aliphatic carbocycles. The number of amides is 2. The highest BCUT2D eigenvalue weighted by Crippen LogP contribution is 2.22. The molecule has 0 spiro atoms. The summed E-state index contributed by atoms with van der Waals surface area (Å²) in [5.41, 5.74) is 5.89. The quantitative estimate of drug-likeness (QED) is 0.282. The van der Waals surface area contributed by atoms with Crippen molar-refractivity contribution in [1.29, 1.82) is 0 Å². The summed E-state index contributed by atoms with van der Waals surface area (Å²) in [6.07, 6.45) is 1.53. The van der Waals surface area contributed by atoms with Gasteiger partial charge in [0, 0.05) is 5.56 Å². The van der Waals surface area contributed by atoms with E-state index in [-0.39, 0.29) is 10.9 Å². The molecule has 2 N–H and O–H groups in total. The minimum Gasteiger partial charge on any atom is -0.489 e. The summed E-state index contributed by atoms with van der Waals surface area (Å²) >= 11 is 11.9. The number of rotatable bonds is 9. The summed E-state index contributed by atoms with van der Waals surface area (Å²) in [6.45, 7) is 6.19. The number of aryl methyl sites for hydroxylation is 1. The van der Waals surface area contributed by atoms with Crippen molar-refractivity contribution in [3.05, 3.63) is 99.0 Å². The lowest BCUT2D eigenvalue weighted by atomic mass is 10.0. The van der Waals surface area contributed by atoms with E-state index in [0.29, 0.717) is 17.2 Å². The van der Waals surface area contributed by atoms with Crippen LogP contribution in [-0.4, -0.2) is 24.1 Å². The molecule has 0 aliphatic heterocycles. The van der Waals surface area contributed by atoms with E-state index in [2.05, 4.69) is 28.0 Å². The van der Waals surface area contributed by atoms with Gasteiger partial charge in [-0.2, -0.15) is 5.10 Å². The van der Waals surface area contributed by atoms with Crippen molar-refractivity contribution in [3.8, 4) is 5.75 Å². The van der Waals surface area contributed by atoms with Crippen molar-refractivity contribution >= 4 is 41.2 Å². The van der Waals surface area contributed by atoms with E-state index in [0.717, 1.165) is 16.9 Å². The monoisotopic (exact) mass is 511 g/mol. The molecule has 6 nitrogen and oxygen atoms in total. The summed E-state index contributed by atoms with van der Waals surface area (Å²) in [5, 5.41) is 7.36. The van der Waals surface area contributed by atoms with Gasteiger partial charge in [-0.25, -0.2) is 5.43 Å². The third-order valence-corrected chi connectivity index (χ3v) is 5.95. The van der Waals surface area contributed by atoms with Crippen molar-refractivity contribution < 1.29 is 14.3 Å². The number of nitrogens with one attached hydrogen (secondary N) is 2. The van der Waals surface area contributed by atoms with E-state index in [9.17, 15) is 9.59 Å². The van der Waals surface area contributed by atoms with Gasteiger partial charge in [0.15, 0.2) is 0 Å². The maximum Gasteiger partial charge on any atom is 0.262 e. The van der Waals surface area contributed by atoms with Crippen LogP contribution in [0.5, 0.6) is 5.75 Å². The molecule has 0 aromatic heterocycles. The number of halogens is 2. The lowest BCUT2D eigenvalue weighted by Gasteiger charge is -2.20. The minimum absolute atomic E-state index is 0.165. The van der Waals surface area contributed by atoms with Crippen LogP contribution in [0.25, 0.3) is 0 Å². The van der Waals surface area contributed by atoms with Gasteiger partial charge >= 0.3 is 0 Å². The van der Waals surface area contributed by atoms with E-state index < -0.39 is 17.9 Å². The van der Waals surface area contributed by atoms with E-state index >= 15 is 0 Å². The van der Waals surface area contributed by atoms with Gasteiger partial charge in [-0.1, -0.05) is 66.9 Å². The second kappa shape index (κ2) is 12.4. The van der Waals surface area contributed by atoms with Crippen molar-refractivity contribution in [2.45, 2.75) is 33.4 Å². The summed E-state index contributed by atoms with van der Waals surface area (Å²) in [5.74, 6) is -0.288. The van der Waals surface area contributed by atoms with E-state index in [1.807, 2.05) is 57.2 Å². The molecule has 3 aromatic carbocycles. The van der Waals surface area contributed by atoms with Gasteiger partial charge in [-0.05, 0) is 66.4 Å². The molecule has 1 unspecified atom stereocenters. The van der Waals surface area contributed by atoms with Crippen molar-refractivity contribution in [3.63, 3.8) is 0 Å². The van der Waals surface area contributed by atoms with Crippen LogP contribution in [0.1, 0.15) is 40.9 Å². The number of nitrogens with zero attached hydrogens (tertiary/aromatic N) is 1. The molecule has 3 aromatic rings. The summed E-state index contributed by atoms with van der Waals surface area (Å²) in [4.78, 5) is 25.2. The lowest BCUT2D eigenvalue weighted by Crippen LogP contribution is -2.48. The van der Waals surface area contributed by atoms with Crippen LogP contribution < -0.4 is 15.5 Å². The Morgan fingerprint density at radius 2 is 1.66 bits per heavy atom. The maximum absolute atomic E-state index is 12.7. The number of carbonyl (C=O) groups excluding carboxylic acids is 2. The van der Waals surface area contributed by atoms with Gasteiger partial charge in [0.2, 0.25) is 0 Å². The number of ether oxygens (including phenoxy) is 1. The fourth-order valence-corrected chi connectivity index (χ4v) is 3.44.